The maximum Gasteiger partial charge on any atom is 0.352 e. The van der Waals surface area contributed by atoms with Crippen molar-refractivity contribution in [3.05, 3.63) is 11.3 Å². The van der Waals surface area contributed by atoms with E-state index in [1.54, 1.807) is 0 Å². The van der Waals surface area contributed by atoms with Gasteiger partial charge in [-0.05, 0) is 0 Å². The lowest BCUT2D eigenvalue weighted by atomic mass is 10.2. The maximum atomic E-state index is 11.3. The third-order valence-electron chi connectivity index (χ3n) is 1.50. The van der Waals surface area contributed by atoms with Crippen LogP contribution in [0.1, 0.15) is 13.8 Å². The second kappa shape index (κ2) is 3.76. The summed E-state index contributed by atoms with van der Waals surface area (Å²) in [6, 6.07) is 0. The topological polar surface area (TPSA) is 72.8 Å². The fourth-order valence-corrected chi connectivity index (χ4v) is 1.34. The van der Waals surface area contributed by atoms with Crippen molar-refractivity contribution in [1.29, 1.82) is 0 Å². The van der Waals surface area contributed by atoms with Crippen molar-refractivity contribution in [3.63, 3.8) is 0 Å². The van der Waals surface area contributed by atoms with Crippen molar-refractivity contribution in [2.45, 2.75) is 19.6 Å². The molecular formula is C8H9IO5. The Labute approximate surface area is 94.2 Å². The van der Waals surface area contributed by atoms with E-state index < -0.39 is 23.3 Å². The Morgan fingerprint density at radius 2 is 1.79 bits per heavy atom. The fourth-order valence-electron chi connectivity index (χ4n) is 0.955. The van der Waals surface area contributed by atoms with Gasteiger partial charge < -0.3 is 14.6 Å². The highest BCUT2D eigenvalue weighted by atomic mass is 127. The number of aliphatic hydroxyl groups is 1. The van der Waals surface area contributed by atoms with Crippen LogP contribution in [0, 0.1) is 0 Å². The van der Waals surface area contributed by atoms with E-state index >= 15 is 0 Å². The van der Waals surface area contributed by atoms with E-state index in [1.165, 1.54) is 13.8 Å². The van der Waals surface area contributed by atoms with Crippen LogP contribution < -0.4 is 0 Å². The summed E-state index contributed by atoms with van der Waals surface area (Å²) in [5, 5.41) is 9.26. The van der Waals surface area contributed by atoms with Gasteiger partial charge in [-0.3, -0.25) is 0 Å². The maximum absolute atomic E-state index is 11.3. The Morgan fingerprint density at radius 3 is 2.14 bits per heavy atom. The third kappa shape index (κ3) is 2.17. The van der Waals surface area contributed by atoms with Gasteiger partial charge in [-0.1, -0.05) is 22.6 Å². The van der Waals surface area contributed by atoms with E-state index in [9.17, 15) is 14.7 Å². The summed E-state index contributed by atoms with van der Waals surface area (Å²) in [6.45, 7) is 2.89. The molecule has 1 aliphatic rings. The van der Waals surface area contributed by atoms with Crippen LogP contribution in [-0.2, 0) is 19.1 Å². The summed E-state index contributed by atoms with van der Waals surface area (Å²) in [5.41, 5.74) is -0.418. The molecule has 1 N–H and O–H groups in total. The number of hydrogen-bond donors (Lipinski definition) is 1. The van der Waals surface area contributed by atoms with Crippen LogP contribution in [0.2, 0.25) is 0 Å². The van der Waals surface area contributed by atoms with Gasteiger partial charge in [0.2, 0.25) is 0 Å². The van der Waals surface area contributed by atoms with Crippen molar-refractivity contribution in [3.8, 4) is 0 Å². The number of carbonyl (C=O) groups is 2. The minimum Gasteiger partial charge on any atom is -0.510 e. The number of cyclic esters (lactones) is 2. The lowest BCUT2D eigenvalue weighted by molar-refractivity contribution is -0.222. The van der Waals surface area contributed by atoms with E-state index in [0.29, 0.717) is 0 Å². The fraction of sp³-hybridized carbons (Fsp3) is 0.500. The molecule has 6 heteroatoms. The number of allylic oxidation sites excluding steroid dienone is 1. The number of rotatable bonds is 1. The Hall–Kier alpha value is -0.790. The van der Waals surface area contributed by atoms with Crippen LogP contribution in [0.5, 0.6) is 0 Å². The third-order valence-corrected chi connectivity index (χ3v) is 2.22. The smallest absolute Gasteiger partial charge is 0.352 e. The first kappa shape index (κ1) is 11.3. The summed E-state index contributed by atoms with van der Waals surface area (Å²) < 4.78 is 9.70. The van der Waals surface area contributed by atoms with Gasteiger partial charge in [-0.25, -0.2) is 9.59 Å². The number of carbonyl (C=O) groups excluding carboxylic acids is 2. The highest BCUT2D eigenvalue weighted by Gasteiger charge is 2.40. The highest BCUT2D eigenvalue weighted by molar-refractivity contribution is 14.1. The van der Waals surface area contributed by atoms with Gasteiger partial charge in [-0.2, -0.15) is 0 Å². The van der Waals surface area contributed by atoms with Gasteiger partial charge in [0.05, 0.1) is 4.43 Å². The van der Waals surface area contributed by atoms with Gasteiger partial charge in [0, 0.05) is 13.8 Å². The van der Waals surface area contributed by atoms with Crippen molar-refractivity contribution >= 4 is 34.5 Å². The number of ether oxygens (including phenoxy) is 2. The predicted molar refractivity (Wildman–Crippen MR) is 54.8 cm³/mol. The second-order valence-electron chi connectivity index (χ2n) is 3.13. The van der Waals surface area contributed by atoms with Crippen LogP contribution in [0.3, 0.4) is 0 Å². The molecule has 1 rings (SSSR count). The lowest BCUT2D eigenvalue weighted by Crippen LogP contribution is -2.42. The van der Waals surface area contributed by atoms with Crippen LogP contribution in [0.4, 0.5) is 0 Å². The molecule has 0 amide bonds. The number of alkyl halides is 1. The molecule has 0 unspecified atom stereocenters. The highest BCUT2D eigenvalue weighted by Crippen LogP contribution is 2.24. The lowest BCUT2D eigenvalue weighted by Gasteiger charge is -2.29. The number of aliphatic hydroxyl groups excluding tert-OH is 1. The molecule has 1 aliphatic heterocycles. The minimum absolute atomic E-state index is 0.151. The predicted octanol–water partition coefficient (Wildman–Crippen LogP) is 1.07. The Morgan fingerprint density at radius 1 is 1.36 bits per heavy atom. The average molecular weight is 312 g/mol. The van der Waals surface area contributed by atoms with Crippen molar-refractivity contribution in [2.24, 2.45) is 0 Å². The van der Waals surface area contributed by atoms with E-state index in [2.05, 4.69) is 0 Å². The number of hydrogen-bond acceptors (Lipinski definition) is 5. The molecule has 0 atom stereocenters. The summed E-state index contributed by atoms with van der Waals surface area (Å²) in [4.78, 5) is 22.6. The van der Waals surface area contributed by atoms with Gasteiger partial charge in [0.1, 0.15) is 5.76 Å². The van der Waals surface area contributed by atoms with Gasteiger partial charge in [0.15, 0.2) is 5.57 Å². The van der Waals surface area contributed by atoms with Gasteiger partial charge in [-0.15, -0.1) is 0 Å². The van der Waals surface area contributed by atoms with Crippen molar-refractivity contribution in [1.82, 2.24) is 0 Å². The first-order valence-corrected chi connectivity index (χ1v) is 5.34. The first-order valence-electron chi connectivity index (χ1n) is 3.82. The molecule has 14 heavy (non-hydrogen) atoms. The Bertz CT molecular complexity index is 296. The molecule has 0 spiro atoms. The number of esters is 2. The summed E-state index contributed by atoms with van der Waals surface area (Å²) >= 11 is 1.82. The van der Waals surface area contributed by atoms with Crippen LogP contribution in [0.15, 0.2) is 11.3 Å². The Balaban J connectivity index is 3.04. The quantitative estimate of drug-likeness (QED) is 0.196. The zero-order chi connectivity index (χ0) is 10.9. The van der Waals surface area contributed by atoms with E-state index in [1.807, 2.05) is 22.6 Å². The SMILES string of the molecule is CC1(C)OC(=O)C(=C(O)CI)C(=O)O1. The Kier molecular flexibility index (Phi) is 3.03. The standard InChI is InChI=1S/C8H9IO5/c1-8(2)13-6(11)5(4(10)3-9)7(12)14-8/h10H,3H2,1-2H3. The molecule has 0 radical (unpaired) electrons. The largest absolute Gasteiger partial charge is 0.510 e. The molecule has 0 aromatic carbocycles. The zero-order valence-corrected chi connectivity index (χ0v) is 9.82. The van der Waals surface area contributed by atoms with Crippen molar-refractivity contribution in [2.75, 3.05) is 4.43 Å². The van der Waals surface area contributed by atoms with Gasteiger partial charge in [0.25, 0.3) is 5.79 Å². The van der Waals surface area contributed by atoms with E-state index in [-0.39, 0.29) is 10.2 Å². The normalized spacial score (nSPS) is 20.1. The molecule has 0 aliphatic carbocycles. The molecule has 5 nitrogen and oxygen atoms in total. The molecule has 0 bridgehead atoms. The zero-order valence-electron chi connectivity index (χ0n) is 7.67. The molecule has 0 saturated carbocycles. The van der Waals surface area contributed by atoms with Crippen molar-refractivity contribution < 1.29 is 24.2 Å². The minimum atomic E-state index is -1.26. The summed E-state index contributed by atoms with van der Waals surface area (Å²) in [7, 11) is 0. The summed E-state index contributed by atoms with van der Waals surface area (Å²) in [6.07, 6.45) is 0. The molecule has 78 valence electrons. The van der Waals surface area contributed by atoms with E-state index in [0.717, 1.165) is 0 Å². The van der Waals surface area contributed by atoms with Crippen LogP contribution in [0.25, 0.3) is 0 Å². The van der Waals surface area contributed by atoms with E-state index in [4.69, 9.17) is 9.47 Å². The molecule has 1 heterocycles. The first-order chi connectivity index (χ1) is 6.37. The van der Waals surface area contributed by atoms with Crippen LogP contribution >= 0.6 is 22.6 Å². The summed E-state index contributed by atoms with van der Waals surface area (Å²) in [5.74, 6) is -3.28. The molecule has 0 aromatic heterocycles. The molecule has 1 fully saturated rings. The molecule has 1 saturated heterocycles. The van der Waals surface area contributed by atoms with Gasteiger partial charge >= 0.3 is 11.9 Å². The van der Waals surface area contributed by atoms with Crippen LogP contribution in [-0.4, -0.2) is 27.3 Å². The average Bonchev–Trinajstić information content (AvgIpc) is 1.99. The molecule has 0 aromatic rings. The second-order valence-corrected chi connectivity index (χ2v) is 3.90. The monoisotopic (exact) mass is 312 g/mol. The molecular weight excluding hydrogens is 303 g/mol. The number of halogens is 1.